The predicted octanol–water partition coefficient (Wildman–Crippen LogP) is 1.90. The molecule has 0 aliphatic heterocycles. The van der Waals surface area contributed by atoms with Crippen LogP contribution in [0.25, 0.3) is 4.96 Å². The molecule has 0 saturated carbocycles. The van der Waals surface area contributed by atoms with Gasteiger partial charge in [-0.3, -0.25) is 9.20 Å². The molecule has 0 unspecified atom stereocenters. The van der Waals surface area contributed by atoms with Gasteiger partial charge < -0.3 is 5.32 Å². The third kappa shape index (κ3) is 1.94. The lowest BCUT2D eigenvalue weighted by atomic mass is 10.5. The van der Waals surface area contributed by atoms with Gasteiger partial charge in [0.05, 0.1) is 6.20 Å². The summed E-state index contributed by atoms with van der Waals surface area (Å²) in [6.45, 7) is 0. The highest BCUT2D eigenvalue weighted by Gasteiger charge is 2.39. The Morgan fingerprint density at radius 3 is 2.87 bits per heavy atom. The van der Waals surface area contributed by atoms with Crippen LogP contribution in [0.2, 0.25) is 0 Å². The number of halogens is 3. The zero-order valence-electron chi connectivity index (χ0n) is 7.08. The van der Waals surface area contributed by atoms with Crippen molar-refractivity contribution in [2.24, 2.45) is 0 Å². The summed E-state index contributed by atoms with van der Waals surface area (Å²) in [5.74, 6) is -2.13. The van der Waals surface area contributed by atoms with Gasteiger partial charge in [0.25, 0.3) is 0 Å². The monoisotopic (exact) mass is 235 g/mol. The highest BCUT2D eigenvalue weighted by molar-refractivity contribution is 7.15. The van der Waals surface area contributed by atoms with Crippen molar-refractivity contribution in [3.05, 3.63) is 17.8 Å². The van der Waals surface area contributed by atoms with Crippen molar-refractivity contribution in [3.8, 4) is 0 Å². The summed E-state index contributed by atoms with van der Waals surface area (Å²) < 4.78 is 37.1. The van der Waals surface area contributed by atoms with Gasteiger partial charge in [0, 0.05) is 11.6 Å². The van der Waals surface area contributed by atoms with Crippen LogP contribution < -0.4 is 5.32 Å². The van der Waals surface area contributed by atoms with E-state index in [1.54, 1.807) is 16.9 Å². The first kappa shape index (κ1) is 9.97. The molecule has 2 heterocycles. The summed E-state index contributed by atoms with van der Waals surface area (Å²) in [5, 5.41) is 3.40. The number of aromatic nitrogens is 2. The fourth-order valence-electron chi connectivity index (χ4n) is 0.975. The minimum Gasteiger partial charge on any atom is -0.301 e. The van der Waals surface area contributed by atoms with Crippen LogP contribution in [0.5, 0.6) is 0 Å². The quantitative estimate of drug-likeness (QED) is 0.820. The number of carbonyl (C=O) groups excluding carboxylic acids is 1. The number of thiazole rings is 1. The van der Waals surface area contributed by atoms with E-state index in [1.165, 1.54) is 21.9 Å². The maximum atomic E-state index is 11.9. The fourth-order valence-corrected chi connectivity index (χ4v) is 1.67. The molecule has 0 fully saturated rings. The summed E-state index contributed by atoms with van der Waals surface area (Å²) in [7, 11) is 0. The number of amides is 1. The molecule has 2 rings (SSSR count). The van der Waals surface area contributed by atoms with Crippen molar-refractivity contribution in [3.63, 3.8) is 0 Å². The number of anilines is 1. The first-order chi connectivity index (χ1) is 6.97. The number of fused-ring (bicyclic) bond motifs is 1. The molecule has 0 aromatic carbocycles. The SMILES string of the molecule is O=C(Nc1cn2ccsc2n1)C(F)(F)F. The van der Waals surface area contributed by atoms with Gasteiger partial charge in [0.15, 0.2) is 10.8 Å². The first-order valence-corrected chi connectivity index (χ1v) is 4.65. The molecule has 0 aliphatic rings. The highest BCUT2D eigenvalue weighted by atomic mass is 32.1. The van der Waals surface area contributed by atoms with Gasteiger partial charge in [0.1, 0.15) is 0 Å². The fraction of sp³-hybridized carbons (Fsp3) is 0.143. The number of alkyl halides is 3. The molecule has 2 aromatic heterocycles. The second-order valence-electron chi connectivity index (χ2n) is 2.67. The Bertz CT molecular complexity index is 472. The number of carbonyl (C=O) groups is 1. The first-order valence-electron chi connectivity index (χ1n) is 3.77. The average Bonchev–Trinajstić information content (AvgIpc) is 2.61. The lowest BCUT2D eigenvalue weighted by Crippen LogP contribution is -2.30. The number of imidazole rings is 1. The molecule has 0 radical (unpaired) electrons. The van der Waals surface area contributed by atoms with E-state index in [1.807, 2.05) is 0 Å². The van der Waals surface area contributed by atoms with Crippen LogP contribution in [0.4, 0.5) is 19.0 Å². The molecule has 0 atom stereocenters. The van der Waals surface area contributed by atoms with Crippen LogP contribution in [-0.2, 0) is 4.79 Å². The smallest absolute Gasteiger partial charge is 0.301 e. The van der Waals surface area contributed by atoms with E-state index >= 15 is 0 Å². The normalized spacial score (nSPS) is 11.9. The van der Waals surface area contributed by atoms with Crippen molar-refractivity contribution in [1.82, 2.24) is 9.38 Å². The zero-order valence-corrected chi connectivity index (χ0v) is 7.89. The molecule has 1 amide bonds. The Hall–Kier alpha value is -1.57. The molecule has 0 spiro atoms. The molecule has 15 heavy (non-hydrogen) atoms. The largest absolute Gasteiger partial charge is 0.471 e. The number of hydrogen-bond donors (Lipinski definition) is 1. The summed E-state index contributed by atoms with van der Waals surface area (Å²) >= 11 is 1.26. The Labute approximate surface area is 85.3 Å². The number of hydrogen-bond acceptors (Lipinski definition) is 3. The number of nitrogens with one attached hydrogen (secondary N) is 1. The van der Waals surface area contributed by atoms with Crippen molar-refractivity contribution in [2.45, 2.75) is 6.18 Å². The molecule has 0 aliphatic carbocycles. The van der Waals surface area contributed by atoms with Crippen molar-refractivity contribution < 1.29 is 18.0 Å². The van der Waals surface area contributed by atoms with Crippen LogP contribution in [0.1, 0.15) is 0 Å². The lowest BCUT2D eigenvalue weighted by molar-refractivity contribution is -0.167. The van der Waals surface area contributed by atoms with Crippen molar-refractivity contribution >= 4 is 28.0 Å². The highest BCUT2D eigenvalue weighted by Crippen LogP contribution is 2.19. The molecule has 0 bridgehead atoms. The molecule has 8 heteroatoms. The van der Waals surface area contributed by atoms with Crippen LogP contribution in [0.15, 0.2) is 17.8 Å². The Morgan fingerprint density at radius 1 is 1.53 bits per heavy atom. The third-order valence-electron chi connectivity index (χ3n) is 1.59. The standard InChI is InChI=1S/C7H4F3N3OS/c8-7(9,10)5(14)11-4-3-13-1-2-15-6(13)12-4/h1-3H,(H,11,14). The Balaban J connectivity index is 2.20. The maximum Gasteiger partial charge on any atom is 0.471 e. The molecule has 0 saturated heterocycles. The minimum absolute atomic E-state index is 0.107. The predicted molar refractivity (Wildman–Crippen MR) is 47.8 cm³/mol. The minimum atomic E-state index is -4.89. The van der Waals surface area contributed by atoms with E-state index in [0.717, 1.165) is 0 Å². The van der Waals surface area contributed by atoms with E-state index in [-0.39, 0.29) is 5.82 Å². The summed E-state index contributed by atoms with van der Waals surface area (Å²) in [6.07, 6.45) is -1.94. The van der Waals surface area contributed by atoms with Gasteiger partial charge in [-0.25, -0.2) is 4.98 Å². The average molecular weight is 235 g/mol. The van der Waals surface area contributed by atoms with E-state index in [4.69, 9.17) is 0 Å². The molecular formula is C7H4F3N3OS. The van der Waals surface area contributed by atoms with Gasteiger partial charge in [-0.2, -0.15) is 13.2 Å². The van der Waals surface area contributed by atoms with Gasteiger partial charge in [-0.1, -0.05) is 0 Å². The van der Waals surface area contributed by atoms with E-state index < -0.39 is 12.1 Å². The van der Waals surface area contributed by atoms with E-state index in [0.29, 0.717) is 4.96 Å². The topological polar surface area (TPSA) is 46.4 Å². The summed E-state index contributed by atoms with van der Waals surface area (Å²) in [6, 6.07) is 0. The van der Waals surface area contributed by atoms with Crippen LogP contribution in [0, 0.1) is 0 Å². The maximum absolute atomic E-state index is 11.9. The van der Waals surface area contributed by atoms with Crippen LogP contribution in [0.3, 0.4) is 0 Å². The Morgan fingerprint density at radius 2 is 2.27 bits per heavy atom. The summed E-state index contributed by atoms with van der Waals surface area (Å²) in [4.78, 5) is 14.8. The third-order valence-corrected chi connectivity index (χ3v) is 2.36. The van der Waals surface area contributed by atoms with Crippen molar-refractivity contribution in [1.29, 1.82) is 0 Å². The Kier molecular flexibility index (Phi) is 2.14. The van der Waals surface area contributed by atoms with Crippen molar-refractivity contribution in [2.75, 3.05) is 5.32 Å². The number of rotatable bonds is 1. The van der Waals surface area contributed by atoms with Crippen LogP contribution in [-0.4, -0.2) is 21.5 Å². The van der Waals surface area contributed by atoms with Crippen LogP contribution >= 0.6 is 11.3 Å². The van der Waals surface area contributed by atoms with Gasteiger partial charge in [-0.15, -0.1) is 11.3 Å². The second kappa shape index (κ2) is 3.23. The van der Waals surface area contributed by atoms with Gasteiger partial charge in [0.2, 0.25) is 0 Å². The van der Waals surface area contributed by atoms with Gasteiger partial charge in [-0.05, 0) is 0 Å². The van der Waals surface area contributed by atoms with Gasteiger partial charge >= 0.3 is 12.1 Å². The molecular weight excluding hydrogens is 231 g/mol. The zero-order chi connectivity index (χ0) is 11.1. The lowest BCUT2D eigenvalue weighted by Gasteiger charge is -2.04. The molecule has 1 N–H and O–H groups in total. The molecule has 4 nitrogen and oxygen atoms in total. The number of nitrogens with zero attached hydrogens (tertiary/aromatic N) is 2. The molecule has 80 valence electrons. The second-order valence-corrected chi connectivity index (χ2v) is 3.54. The van der Waals surface area contributed by atoms with E-state index in [9.17, 15) is 18.0 Å². The summed E-state index contributed by atoms with van der Waals surface area (Å²) in [5.41, 5.74) is 0. The van der Waals surface area contributed by atoms with E-state index in [2.05, 4.69) is 4.98 Å². The molecule has 2 aromatic rings.